The van der Waals surface area contributed by atoms with Gasteiger partial charge in [0.05, 0.1) is 18.3 Å². The molecule has 3 heterocycles. The quantitative estimate of drug-likeness (QED) is 0.851. The van der Waals surface area contributed by atoms with Crippen molar-refractivity contribution in [2.45, 2.75) is 44.2 Å². The molecule has 1 amide bonds. The lowest BCUT2D eigenvalue weighted by molar-refractivity contribution is 0.0944. The number of aromatic nitrogens is 3. The Morgan fingerprint density at radius 3 is 3.04 bits per heavy atom. The van der Waals surface area contributed by atoms with Gasteiger partial charge >= 0.3 is 0 Å². The number of rotatable bonds is 5. The van der Waals surface area contributed by atoms with Crippen LogP contribution in [0.1, 0.15) is 58.8 Å². The van der Waals surface area contributed by atoms with Crippen LogP contribution in [0.25, 0.3) is 0 Å². The summed E-state index contributed by atoms with van der Waals surface area (Å²) in [6, 6.07) is 2.15. The highest BCUT2D eigenvalue weighted by molar-refractivity contribution is 7.09. The number of hydrogen-bond donors (Lipinski definition) is 2. The fourth-order valence-corrected chi connectivity index (χ4v) is 3.76. The molecule has 1 atom stereocenters. The molecule has 1 saturated carbocycles. The molecule has 0 radical (unpaired) electrons. The summed E-state index contributed by atoms with van der Waals surface area (Å²) in [5.74, 6) is 0.534. The first-order chi connectivity index (χ1) is 11.3. The van der Waals surface area contributed by atoms with Gasteiger partial charge in [-0.3, -0.25) is 9.48 Å². The molecule has 2 aromatic rings. The molecule has 4 rings (SSSR count). The number of hydrogen-bond acceptors (Lipinski definition) is 5. The van der Waals surface area contributed by atoms with Crippen LogP contribution in [-0.4, -0.2) is 33.8 Å². The summed E-state index contributed by atoms with van der Waals surface area (Å²) in [5.41, 5.74) is 1.67. The fourth-order valence-electron chi connectivity index (χ4n) is 2.94. The number of nitrogens with one attached hydrogen (secondary N) is 2. The van der Waals surface area contributed by atoms with Gasteiger partial charge < -0.3 is 10.6 Å². The summed E-state index contributed by atoms with van der Waals surface area (Å²) < 4.78 is 1.91. The second-order valence-electron chi connectivity index (χ2n) is 6.30. The summed E-state index contributed by atoms with van der Waals surface area (Å²) >= 11 is 1.62. The number of piperidine rings is 1. The molecule has 0 aromatic carbocycles. The molecular formula is C16H22ClN5OS. The van der Waals surface area contributed by atoms with Crippen LogP contribution in [0.2, 0.25) is 0 Å². The van der Waals surface area contributed by atoms with Crippen LogP contribution in [0.5, 0.6) is 0 Å². The summed E-state index contributed by atoms with van der Waals surface area (Å²) in [6.07, 6.45) is 6.67. The molecule has 1 aliphatic carbocycles. The second-order valence-corrected chi connectivity index (χ2v) is 7.25. The van der Waals surface area contributed by atoms with Crippen LogP contribution in [0.3, 0.4) is 0 Å². The molecule has 1 saturated heterocycles. The first kappa shape index (κ1) is 17.4. The highest BCUT2D eigenvalue weighted by Gasteiger charge is 2.26. The van der Waals surface area contributed by atoms with E-state index in [0.717, 1.165) is 30.9 Å². The van der Waals surface area contributed by atoms with Crippen LogP contribution in [0.15, 0.2) is 17.6 Å². The van der Waals surface area contributed by atoms with Crippen LogP contribution >= 0.6 is 23.7 Å². The summed E-state index contributed by atoms with van der Waals surface area (Å²) in [4.78, 5) is 16.8. The minimum atomic E-state index is -0.129. The van der Waals surface area contributed by atoms with Gasteiger partial charge in [-0.25, -0.2) is 4.98 Å². The largest absolute Gasteiger partial charge is 0.344 e. The van der Waals surface area contributed by atoms with E-state index in [9.17, 15) is 4.79 Å². The number of halogens is 1. The molecule has 24 heavy (non-hydrogen) atoms. The molecule has 6 nitrogen and oxygen atoms in total. The van der Waals surface area contributed by atoms with Crippen molar-refractivity contribution in [1.29, 1.82) is 0 Å². The first-order valence-electron chi connectivity index (χ1n) is 8.28. The van der Waals surface area contributed by atoms with E-state index in [1.165, 1.54) is 18.5 Å². The second kappa shape index (κ2) is 7.63. The Labute approximate surface area is 151 Å². The van der Waals surface area contributed by atoms with Crippen molar-refractivity contribution in [3.05, 3.63) is 34.0 Å². The topological polar surface area (TPSA) is 71.8 Å². The van der Waals surface area contributed by atoms with Gasteiger partial charge in [0.15, 0.2) is 0 Å². The Hall–Kier alpha value is -1.44. The highest BCUT2D eigenvalue weighted by Crippen LogP contribution is 2.40. The van der Waals surface area contributed by atoms with Crippen LogP contribution in [0.4, 0.5) is 0 Å². The Balaban J connectivity index is 0.00000169. The van der Waals surface area contributed by atoms with Crippen molar-refractivity contribution >= 4 is 29.7 Å². The summed E-state index contributed by atoms with van der Waals surface area (Å²) in [7, 11) is 0. The van der Waals surface area contributed by atoms with E-state index in [0.29, 0.717) is 24.2 Å². The van der Waals surface area contributed by atoms with Crippen molar-refractivity contribution in [3.8, 4) is 0 Å². The molecule has 130 valence electrons. The highest BCUT2D eigenvalue weighted by atomic mass is 35.5. The number of carbonyl (C=O) groups excluding carboxylic acids is 1. The van der Waals surface area contributed by atoms with Gasteiger partial charge in [-0.2, -0.15) is 5.10 Å². The third-order valence-corrected chi connectivity index (χ3v) is 5.32. The zero-order valence-corrected chi connectivity index (χ0v) is 15.0. The molecule has 1 unspecified atom stereocenters. The Kier molecular flexibility index (Phi) is 5.53. The number of carbonyl (C=O) groups is 1. The zero-order valence-electron chi connectivity index (χ0n) is 13.4. The third-order valence-electron chi connectivity index (χ3n) is 4.45. The van der Waals surface area contributed by atoms with Crippen molar-refractivity contribution in [3.63, 3.8) is 0 Å². The predicted molar refractivity (Wildman–Crippen MR) is 95.9 cm³/mol. The van der Waals surface area contributed by atoms with Gasteiger partial charge in [0.1, 0.15) is 10.7 Å². The van der Waals surface area contributed by atoms with E-state index in [1.807, 2.05) is 10.9 Å². The predicted octanol–water partition coefficient (Wildman–Crippen LogP) is 2.49. The normalized spacial score (nSPS) is 20.4. The molecular weight excluding hydrogens is 346 g/mol. The maximum absolute atomic E-state index is 12.2. The monoisotopic (exact) mass is 367 g/mol. The van der Waals surface area contributed by atoms with Gasteiger partial charge in [-0.05, 0) is 38.3 Å². The molecule has 2 aromatic heterocycles. The smallest absolute Gasteiger partial charge is 0.272 e. The maximum Gasteiger partial charge on any atom is 0.272 e. The molecule has 2 N–H and O–H groups in total. The van der Waals surface area contributed by atoms with E-state index in [2.05, 4.69) is 26.1 Å². The third kappa shape index (κ3) is 3.96. The lowest BCUT2D eigenvalue weighted by Gasteiger charge is -2.22. The SMILES string of the molecule is Cl.O=C(NCc1nc(C2CC2)cs1)c1ccn(C2CCCNC2)n1. The Bertz CT molecular complexity index is 690. The van der Waals surface area contributed by atoms with Gasteiger partial charge in [0.2, 0.25) is 0 Å². The van der Waals surface area contributed by atoms with Gasteiger partial charge in [-0.15, -0.1) is 23.7 Å². The number of amides is 1. The minimum Gasteiger partial charge on any atom is -0.344 e. The maximum atomic E-state index is 12.2. The van der Waals surface area contributed by atoms with Crippen LogP contribution in [-0.2, 0) is 6.54 Å². The zero-order chi connectivity index (χ0) is 15.6. The lowest BCUT2D eigenvalue weighted by Crippen LogP contribution is -2.32. The summed E-state index contributed by atoms with van der Waals surface area (Å²) in [5, 5.41) is 13.8. The number of thiazole rings is 1. The lowest BCUT2D eigenvalue weighted by atomic mass is 10.1. The average molecular weight is 368 g/mol. The number of nitrogens with zero attached hydrogens (tertiary/aromatic N) is 3. The molecule has 0 bridgehead atoms. The Morgan fingerprint density at radius 1 is 1.42 bits per heavy atom. The molecule has 2 aliphatic rings. The molecule has 1 aliphatic heterocycles. The Morgan fingerprint density at radius 2 is 2.29 bits per heavy atom. The van der Waals surface area contributed by atoms with E-state index < -0.39 is 0 Å². The van der Waals surface area contributed by atoms with E-state index in [-0.39, 0.29) is 18.3 Å². The van der Waals surface area contributed by atoms with Crippen molar-refractivity contribution in [2.75, 3.05) is 13.1 Å². The van der Waals surface area contributed by atoms with E-state index in [1.54, 1.807) is 17.4 Å². The van der Waals surface area contributed by atoms with Crippen LogP contribution < -0.4 is 10.6 Å². The van der Waals surface area contributed by atoms with E-state index >= 15 is 0 Å². The molecule has 8 heteroatoms. The van der Waals surface area contributed by atoms with Crippen molar-refractivity contribution < 1.29 is 4.79 Å². The van der Waals surface area contributed by atoms with Gasteiger partial charge in [0, 0.05) is 24.0 Å². The van der Waals surface area contributed by atoms with Crippen molar-refractivity contribution in [2.24, 2.45) is 0 Å². The van der Waals surface area contributed by atoms with Gasteiger partial charge in [0.25, 0.3) is 5.91 Å². The standard InChI is InChI=1S/C16H21N5OS.ClH/c22-16(18-9-15-19-14(10-23-15)11-3-4-11)13-5-7-21(20-13)12-2-1-6-17-8-12;/h5,7,10-12,17H,1-4,6,8-9H2,(H,18,22);1H. The summed E-state index contributed by atoms with van der Waals surface area (Å²) in [6.45, 7) is 2.47. The van der Waals surface area contributed by atoms with E-state index in [4.69, 9.17) is 0 Å². The fraction of sp³-hybridized carbons (Fsp3) is 0.562. The minimum absolute atomic E-state index is 0. The first-order valence-corrected chi connectivity index (χ1v) is 9.16. The van der Waals surface area contributed by atoms with Crippen LogP contribution in [0, 0.1) is 0 Å². The molecule has 2 fully saturated rings. The molecule has 0 spiro atoms. The van der Waals surface area contributed by atoms with Gasteiger partial charge in [-0.1, -0.05) is 0 Å². The average Bonchev–Trinajstić information content (AvgIpc) is 3.14. The van der Waals surface area contributed by atoms with Crippen molar-refractivity contribution in [1.82, 2.24) is 25.4 Å².